The molecule has 0 aliphatic heterocycles. The molecule has 6 aromatic heterocycles. The van der Waals surface area contributed by atoms with E-state index >= 15 is 17.6 Å². The van der Waals surface area contributed by atoms with Crippen LogP contribution < -0.4 is 0 Å². The van der Waals surface area contributed by atoms with E-state index in [2.05, 4.69) is 298 Å². The van der Waals surface area contributed by atoms with Gasteiger partial charge >= 0.3 is 0 Å². The first-order chi connectivity index (χ1) is 71.3. The van der Waals surface area contributed by atoms with Gasteiger partial charge in [-0.2, -0.15) is 5.10 Å². The van der Waals surface area contributed by atoms with Gasteiger partial charge in [-0.1, -0.05) is 303 Å². The highest BCUT2D eigenvalue weighted by atomic mass is 19.2. The predicted molar refractivity (Wildman–Crippen MR) is 574 cm³/mol. The molecule has 6 heterocycles. The SMILES string of the molecule is Fc1c(F)c(F)c(-c2c(F)c(F)c(-c3ccc4c(c3)c3c5ccccc5c5ccc6ccccc6c5c3n4-c3ccccc3)c(F)c2F)c(F)c1F.c1ccc(-n2c3ccc(-c4cc5cccnc5c5cnccc45)cc3c3c4ccccc4c4ccc5ccccc5c4c32)cc1.c1ccc(-n2cc(-c3ccc(-c4ccc5c(c4)c4c6ccccc6c6ccc7ccccc7c6c4n5-c4ccccc4)cc3)cn2)cc1. The number of benzene rings is 23. The van der Waals surface area contributed by atoms with Gasteiger partial charge in [-0.25, -0.2) is 44.2 Å². The molecule has 29 aromatic rings. The first-order valence-corrected chi connectivity index (χ1v) is 47.5. The number of pyridine rings is 2. The van der Waals surface area contributed by atoms with E-state index < -0.39 is 69.0 Å². The van der Waals surface area contributed by atoms with Crippen LogP contribution in [0.5, 0.6) is 0 Å². The Morgan fingerprint density at radius 1 is 0.193 bits per heavy atom. The number of para-hydroxylation sites is 4. The summed E-state index contributed by atoms with van der Waals surface area (Å²) in [6, 6.07) is 141. The normalized spacial score (nSPS) is 11.9. The van der Waals surface area contributed by atoms with Gasteiger partial charge in [-0.3, -0.25) is 9.97 Å². The van der Waals surface area contributed by atoms with Crippen molar-refractivity contribution < 1.29 is 39.5 Å². The largest absolute Gasteiger partial charge is 0.309 e. The minimum atomic E-state index is -2.62. The van der Waals surface area contributed by atoms with Crippen LogP contribution in [-0.2, 0) is 0 Å². The Labute approximate surface area is 819 Å². The number of halogens is 9. The molecule has 23 aromatic carbocycles. The molecule has 686 valence electrons. The minimum Gasteiger partial charge on any atom is -0.309 e. The summed E-state index contributed by atoms with van der Waals surface area (Å²) in [6.07, 6.45) is 9.71. The van der Waals surface area contributed by atoms with E-state index in [4.69, 9.17) is 4.98 Å². The van der Waals surface area contributed by atoms with Crippen molar-refractivity contribution in [3.8, 4) is 78.4 Å². The lowest BCUT2D eigenvalue weighted by molar-refractivity contribution is 0.379. The maximum atomic E-state index is 15.9. The summed E-state index contributed by atoms with van der Waals surface area (Å²) < 4.78 is 143. The molecule has 0 saturated carbocycles. The van der Waals surface area contributed by atoms with E-state index in [-0.39, 0.29) is 5.56 Å². The van der Waals surface area contributed by atoms with E-state index in [1.165, 1.54) is 149 Å². The summed E-state index contributed by atoms with van der Waals surface area (Å²) in [6.45, 7) is 0. The summed E-state index contributed by atoms with van der Waals surface area (Å²) in [5.41, 5.74) is 12.5. The molecule has 0 radical (unpaired) electrons. The van der Waals surface area contributed by atoms with Crippen LogP contribution in [-0.4, -0.2) is 33.4 Å². The lowest BCUT2D eigenvalue weighted by Crippen LogP contribution is -2.09. The number of fused-ring (bicyclic) bond motifs is 33. The summed E-state index contributed by atoms with van der Waals surface area (Å²) >= 11 is 0. The molecule has 0 unspecified atom stereocenters. The Morgan fingerprint density at radius 3 is 0.959 bits per heavy atom. The van der Waals surface area contributed by atoms with Gasteiger partial charge in [0.15, 0.2) is 46.5 Å². The molecule has 29 rings (SSSR count). The molecule has 0 spiro atoms. The number of rotatable bonds is 9. The van der Waals surface area contributed by atoms with Gasteiger partial charge in [0, 0.05) is 107 Å². The van der Waals surface area contributed by atoms with Gasteiger partial charge in [0.1, 0.15) is 0 Å². The fourth-order valence-corrected chi connectivity index (χ4v) is 22.5. The van der Waals surface area contributed by atoms with Crippen LogP contribution in [0.15, 0.2) is 437 Å². The Bertz CT molecular complexity index is 10500. The first kappa shape index (κ1) is 85.4. The highest BCUT2D eigenvalue weighted by Crippen LogP contribution is 2.53. The highest BCUT2D eigenvalue weighted by Gasteiger charge is 2.36. The average Bonchev–Trinajstić information content (AvgIpc) is 1.57. The third kappa shape index (κ3) is 13.3. The van der Waals surface area contributed by atoms with Crippen LogP contribution in [0.3, 0.4) is 0 Å². The van der Waals surface area contributed by atoms with Crippen LogP contribution >= 0.6 is 0 Å². The van der Waals surface area contributed by atoms with Gasteiger partial charge in [-0.05, 0) is 223 Å². The summed E-state index contributed by atoms with van der Waals surface area (Å²) in [7, 11) is 0. The van der Waals surface area contributed by atoms with E-state index in [9.17, 15) is 22.0 Å². The molecule has 0 bridgehead atoms. The Kier molecular flexibility index (Phi) is 19.9. The molecule has 0 atom stereocenters. The molecule has 0 aliphatic rings. The molecular weight excluding hydrogens is 1820 g/mol. The van der Waals surface area contributed by atoms with Gasteiger partial charge in [-0.15, -0.1) is 0 Å². The monoisotopic (exact) mass is 1890 g/mol. The van der Waals surface area contributed by atoms with Crippen molar-refractivity contribution in [2.45, 2.75) is 0 Å². The molecule has 145 heavy (non-hydrogen) atoms. The third-order valence-corrected chi connectivity index (χ3v) is 28.9. The maximum Gasteiger partial charge on any atom is 0.200 e. The number of hydrogen-bond acceptors (Lipinski definition) is 3. The fourth-order valence-electron chi connectivity index (χ4n) is 22.5. The number of aromatic nitrogens is 7. The molecule has 0 fully saturated rings. The first-order valence-electron chi connectivity index (χ1n) is 47.5. The van der Waals surface area contributed by atoms with E-state index in [1.54, 1.807) is 0 Å². The summed E-state index contributed by atoms with van der Waals surface area (Å²) in [5, 5.41) is 34.8. The molecule has 0 amide bonds. The van der Waals surface area contributed by atoms with Crippen molar-refractivity contribution in [1.29, 1.82) is 0 Å². The predicted octanol–water partition coefficient (Wildman–Crippen LogP) is 35.6. The zero-order valence-corrected chi connectivity index (χ0v) is 76.6. The number of hydrogen-bond donors (Lipinski definition) is 0. The van der Waals surface area contributed by atoms with Crippen molar-refractivity contribution in [2.75, 3.05) is 0 Å². The van der Waals surface area contributed by atoms with Crippen molar-refractivity contribution in [2.24, 2.45) is 0 Å². The number of nitrogens with zero attached hydrogens (tertiary/aromatic N) is 7. The molecule has 0 aliphatic carbocycles. The Morgan fingerprint density at radius 2 is 0.517 bits per heavy atom. The summed E-state index contributed by atoms with van der Waals surface area (Å²) in [4.78, 5) is 9.19. The molecule has 0 N–H and O–H groups in total. The lowest BCUT2D eigenvalue weighted by atomic mass is 9.92. The molecule has 7 nitrogen and oxygen atoms in total. The van der Waals surface area contributed by atoms with Crippen molar-refractivity contribution in [3.63, 3.8) is 0 Å². The average molecular weight is 1890 g/mol. The van der Waals surface area contributed by atoms with Crippen molar-refractivity contribution in [3.05, 3.63) is 490 Å². The van der Waals surface area contributed by atoms with Crippen molar-refractivity contribution >= 4 is 184 Å². The van der Waals surface area contributed by atoms with E-state index in [0.29, 0.717) is 16.3 Å². The van der Waals surface area contributed by atoms with Crippen LogP contribution in [0.1, 0.15) is 0 Å². The van der Waals surface area contributed by atoms with Crippen molar-refractivity contribution in [1.82, 2.24) is 33.4 Å². The minimum absolute atomic E-state index is 0.349. The zero-order chi connectivity index (χ0) is 97.3. The Hall–Kier alpha value is -18.8. The van der Waals surface area contributed by atoms with Crippen LogP contribution in [0, 0.1) is 52.4 Å². The second-order valence-electron chi connectivity index (χ2n) is 36.6. The van der Waals surface area contributed by atoms with E-state index in [1.807, 2.05) is 149 Å². The third-order valence-electron chi connectivity index (χ3n) is 28.9. The Balaban J connectivity index is 0.000000108. The fraction of sp³-hybridized carbons (Fsp3) is 0. The van der Waals surface area contributed by atoms with Gasteiger partial charge in [0.25, 0.3) is 0 Å². The zero-order valence-electron chi connectivity index (χ0n) is 76.6. The smallest absolute Gasteiger partial charge is 0.200 e. The second kappa shape index (κ2) is 33.8. The van der Waals surface area contributed by atoms with Gasteiger partial charge in [0.2, 0.25) is 5.82 Å². The highest BCUT2D eigenvalue weighted by molar-refractivity contribution is 6.40. The molecule has 0 saturated heterocycles. The van der Waals surface area contributed by atoms with E-state index in [0.717, 1.165) is 93.4 Å². The quantitative estimate of drug-likeness (QED) is 0.0626. The second-order valence-corrected chi connectivity index (χ2v) is 36.6. The molecule has 16 heteroatoms. The van der Waals surface area contributed by atoms with Crippen LogP contribution in [0.2, 0.25) is 0 Å². The topological polar surface area (TPSA) is 58.4 Å². The van der Waals surface area contributed by atoms with Gasteiger partial charge < -0.3 is 13.7 Å². The standard InChI is InChI=1S/C45H29N3.C42H18F9N.C42H25N3/c1-3-12-35(13-4-1)47-29-34(28-46-47)31-21-19-30(20-22-31)33-24-26-42-41(27-33)44-39-18-10-9-17-38(39)40-25-23-32-11-7-8-16-37(32)43(40)45(44)48(42)36-14-5-2-6-15-36;43-33-28(34(44)36(46)31(35(33)45)32-37(47)39(49)41(51)40(50)38(32)48)20-15-17-27-26(18-20)30-24-13-7-6-12-23(24)25-16-14-19-8-4-5-11-22(19)29(25)42(30)52(27)21-9-2-1-3-10-21;1-2-11-29(12-3-1)45-38-19-17-27(35-24-28-10-8-21-44-41(28)37-25-43-22-20-32(35)37)23-36(38)40-33-15-7-6-14-31(33)34-18-16-26-9-4-5-13-30(26)39(34)42(40)45/h1-29H;1-18H;1-25H. The van der Waals surface area contributed by atoms with Crippen LogP contribution in [0.25, 0.3) is 262 Å². The molecular formula is C129H72F9N7. The lowest BCUT2D eigenvalue weighted by Gasteiger charge is -2.15. The van der Waals surface area contributed by atoms with Gasteiger partial charge in [0.05, 0.1) is 67.2 Å². The summed E-state index contributed by atoms with van der Waals surface area (Å²) in [5.74, 6) is -21.8. The van der Waals surface area contributed by atoms with Crippen LogP contribution in [0.4, 0.5) is 39.5 Å². The maximum absolute atomic E-state index is 15.9.